The third-order valence-corrected chi connectivity index (χ3v) is 3.51. The van der Waals surface area contributed by atoms with Gasteiger partial charge in [0.1, 0.15) is 5.75 Å². The van der Waals surface area contributed by atoms with Crippen molar-refractivity contribution in [2.24, 2.45) is 0 Å². The number of methoxy groups -OCH3 is 1. The maximum atomic E-state index is 12.1. The predicted octanol–water partition coefficient (Wildman–Crippen LogP) is 3.90. The van der Waals surface area contributed by atoms with Gasteiger partial charge in [0.2, 0.25) is 5.78 Å². The maximum Gasteiger partial charge on any atom is 0.331 e. The fraction of sp³-hybridized carbons (Fsp3) is 0.111. The van der Waals surface area contributed by atoms with E-state index in [0.717, 1.165) is 10.0 Å². The first-order valence-electron chi connectivity index (χ1n) is 6.87. The zero-order valence-corrected chi connectivity index (χ0v) is 14.1. The van der Waals surface area contributed by atoms with Crippen molar-refractivity contribution >= 4 is 33.8 Å². The van der Waals surface area contributed by atoms with Gasteiger partial charge in [-0.3, -0.25) is 4.79 Å². The van der Waals surface area contributed by atoms with E-state index in [1.165, 1.54) is 13.2 Å². The first-order valence-corrected chi connectivity index (χ1v) is 7.66. The van der Waals surface area contributed by atoms with E-state index in [-0.39, 0.29) is 12.4 Å². The molecule has 0 aliphatic heterocycles. The van der Waals surface area contributed by atoms with Crippen molar-refractivity contribution in [2.45, 2.75) is 0 Å². The number of carbonyl (C=O) groups excluding carboxylic acids is 2. The van der Waals surface area contributed by atoms with E-state index in [2.05, 4.69) is 15.9 Å². The molecule has 0 spiro atoms. The van der Waals surface area contributed by atoms with Gasteiger partial charge in [-0.25, -0.2) is 4.79 Å². The Bertz CT molecular complexity index is 737. The predicted molar refractivity (Wildman–Crippen MR) is 91.5 cm³/mol. The fourth-order valence-corrected chi connectivity index (χ4v) is 2.33. The Kier molecular flexibility index (Phi) is 6.11. The van der Waals surface area contributed by atoms with Gasteiger partial charge in [0.15, 0.2) is 6.61 Å². The number of rotatable bonds is 6. The molecule has 0 unspecified atom stereocenters. The number of Topliss-reactive ketones (excluding diaryl/α,β-unsaturated/α-hetero) is 1. The molecule has 0 aromatic heterocycles. The molecule has 0 radical (unpaired) electrons. The van der Waals surface area contributed by atoms with Crippen LogP contribution >= 0.6 is 15.9 Å². The van der Waals surface area contributed by atoms with Gasteiger partial charge in [-0.05, 0) is 35.9 Å². The van der Waals surface area contributed by atoms with Crippen LogP contribution in [0.4, 0.5) is 0 Å². The van der Waals surface area contributed by atoms with E-state index < -0.39 is 5.97 Å². The average Bonchev–Trinajstić information content (AvgIpc) is 2.57. The molecule has 23 heavy (non-hydrogen) atoms. The van der Waals surface area contributed by atoms with Crippen LogP contribution in [0.3, 0.4) is 0 Å². The molecular formula is C18H15BrO4. The van der Waals surface area contributed by atoms with Crippen LogP contribution in [0.15, 0.2) is 59.1 Å². The summed E-state index contributed by atoms with van der Waals surface area (Å²) in [4.78, 5) is 23.7. The largest absolute Gasteiger partial charge is 0.496 e. The Balaban J connectivity index is 1.92. The molecule has 0 aliphatic carbocycles. The smallest absolute Gasteiger partial charge is 0.331 e. The standard InChI is InChI=1S/C18H15BrO4/c1-22-17-8-3-2-7-15(17)16(20)12-23-18(21)10-9-13-5-4-6-14(19)11-13/h2-11H,12H2,1H3/b10-9+. The van der Waals surface area contributed by atoms with Gasteiger partial charge in [-0.1, -0.05) is 40.2 Å². The lowest BCUT2D eigenvalue weighted by atomic mass is 10.1. The molecule has 0 atom stereocenters. The second-order valence-electron chi connectivity index (χ2n) is 4.62. The Labute approximate surface area is 142 Å². The SMILES string of the molecule is COc1ccccc1C(=O)COC(=O)/C=C/c1cccc(Br)c1. The Hall–Kier alpha value is -2.40. The Morgan fingerprint density at radius 1 is 1.13 bits per heavy atom. The molecule has 0 bridgehead atoms. The van der Waals surface area contributed by atoms with Gasteiger partial charge in [0, 0.05) is 10.5 Å². The van der Waals surface area contributed by atoms with Crippen LogP contribution in [0.1, 0.15) is 15.9 Å². The minimum absolute atomic E-state index is 0.313. The Morgan fingerprint density at radius 3 is 2.65 bits per heavy atom. The number of carbonyl (C=O) groups is 2. The lowest BCUT2D eigenvalue weighted by Crippen LogP contribution is -2.13. The molecule has 118 valence electrons. The van der Waals surface area contributed by atoms with Crippen LogP contribution in [0.2, 0.25) is 0 Å². The normalized spacial score (nSPS) is 10.5. The second-order valence-corrected chi connectivity index (χ2v) is 5.54. The van der Waals surface area contributed by atoms with E-state index in [4.69, 9.17) is 9.47 Å². The highest BCUT2D eigenvalue weighted by atomic mass is 79.9. The van der Waals surface area contributed by atoms with Gasteiger partial charge in [-0.2, -0.15) is 0 Å². The number of halogens is 1. The Morgan fingerprint density at radius 2 is 1.91 bits per heavy atom. The van der Waals surface area contributed by atoms with Crippen molar-refractivity contribution in [3.8, 4) is 5.75 Å². The summed E-state index contributed by atoms with van der Waals surface area (Å²) < 4.78 is 11.0. The van der Waals surface area contributed by atoms with Gasteiger partial charge in [0.05, 0.1) is 12.7 Å². The highest BCUT2D eigenvalue weighted by molar-refractivity contribution is 9.10. The molecule has 0 N–H and O–H groups in total. The van der Waals surface area contributed by atoms with Crippen molar-refractivity contribution in [1.29, 1.82) is 0 Å². The monoisotopic (exact) mass is 374 g/mol. The number of hydrogen-bond donors (Lipinski definition) is 0. The summed E-state index contributed by atoms with van der Waals surface area (Å²) in [5, 5.41) is 0. The maximum absolute atomic E-state index is 12.1. The number of hydrogen-bond acceptors (Lipinski definition) is 4. The third kappa shape index (κ3) is 5.07. The summed E-state index contributed by atoms with van der Waals surface area (Å²) >= 11 is 3.35. The summed E-state index contributed by atoms with van der Waals surface area (Å²) in [6, 6.07) is 14.3. The lowest BCUT2D eigenvalue weighted by Gasteiger charge is -2.07. The average molecular weight is 375 g/mol. The van der Waals surface area contributed by atoms with E-state index >= 15 is 0 Å². The highest BCUT2D eigenvalue weighted by Gasteiger charge is 2.13. The van der Waals surface area contributed by atoms with E-state index in [9.17, 15) is 9.59 Å². The van der Waals surface area contributed by atoms with Gasteiger partial charge >= 0.3 is 5.97 Å². The molecule has 0 fully saturated rings. The van der Waals surface area contributed by atoms with Crippen LogP contribution < -0.4 is 4.74 Å². The molecule has 2 rings (SSSR count). The number of ether oxygens (including phenoxy) is 2. The third-order valence-electron chi connectivity index (χ3n) is 3.01. The summed E-state index contributed by atoms with van der Waals surface area (Å²) in [5.41, 5.74) is 1.24. The van der Waals surface area contributed by atoms with Gasteiger partial charge < -0.3 is 9.47 Å². The number of para-hydroxylation sites is 1. The minimum atomic E-state index is -0.576. The van der Waals surface area contributed by atoms with E-state index in [1.54, 1.807) is 30.3 Å². The topological polar surface area (TPSA) is 52.6 Å². The van der Waals surface area contributed by atoms with Gasteiger partial charge in [-0.15, -0.1) is 0 Å². The second kappa shape index (κ2) is 8.29. The molecule has 2 aromatic carbocycles. The zero-order chi connectivity index (χ0) is 16.7. The molecule has 0 amide bonds. The number of esters is 1. The summed E-state index contributed by atoms with van der Waals surface area (Å²) in [5.74, 6) is -0.432. The number of ketones is 1. The van der Waals surface area contributed by atoms with Crippen LogP contribution in [0.5, 0.6) is 5.75 Å². The first-order chi connectivity index (χ1) is 11.1. The van der Waals surface area contributed by atoms with Crippen molar-refractivity contribution in [3.63, 3.8) is 0 Å². The summed E-state index contributed by atoms with van der Waals surface area (Å²) in [6.07, 6.45) is 2.91. The molecule has 5 heteroatoms. The molecule has 0 saturated carbocycles. The van der Waals surface area contributed by atoms with E-state index in [0.29, 0.717) is 11.3 Å². The molecule has 4 nitrogen and oxygen atoms in total. The highest BCUT2D eigenvalue weighted by Crippen LogP contribution is 2.18. The molecule has 0 saturated heterocycles. The van der Waals surface area contributed by atoms with Crippen LogP contribution in [-0.4, -0.2) is 25.5 Å². The zero-order valence-electron chi connectivity index (χ0n) is 12.5. The van der Waals surface area contributed by atoms with Crippen molar-refractivity contribution < 1.29 is 19.1 Å². The summed E-state index contributed by atoms with van der Waals surface area (Å²) in [7, 11) is 1.48. The molecule has 0 aliphatic rings. The van der Waals surface area contributed by atoms with E-state index in [1.807, 2.05) is 24.3 Å². The van der Waals surface area contributed by atoms with Crippen molar-refractivity contribution in [3.05, 3.63) is 70.2 Å². The number of benzene rings is 2. The fourth-order valence-electron chi connectivity index (χ4n) is 1.91. The molecular weight excluding hydrogens is 360 g/mol. The lowest BCUT2D eigenvalue weighted by molar-refractivity contribution is -0.136. The van der Waals surface area contributed by atoms with Crippen molar-refractivity contribution in [1.82, 2.24) is 0 Å². The van der Waals surface area contributed by atoms with Crippen LogP contribution in [0.25, 0.3) is 6.08 Å². The van der Waals surface area contributed by atoms with Crippen LogP contribution in [-0.2, 0) is 9.53 Å². The minimum Gasteiger partial charge on any atom is -0.496 e. The van der Waals surface area contributed by atoms with Crippen molar-refractivity contribution in [2.75, 3.05) is 13.7 Å². The first kappa shape index (κ1) is 17.0. The van der Waals surface area contributed by atoms with Gasteiger partial charge in [0.25, 0.3) is 0 Å². The quantitative estimate of drug-likeness (QED) is 0.437. The molecule has 2 aromatic rings. The van der Waals surface area contributed by atoms with Crippen LogP contribution in [0, 0.1) is 0 Å². The summed E-state index contributed by atoms with van der Waals surface area (Å²) in [6.45, 7) is -0.331. The molecule has 0 heterocycles.